The van der Waals surface area contributed by atoms with Crippen LogP contribution in [0, 0.1) is 5.92 Å². The van der Waals surface area contributed by atoms with Gasteiger partial charge in [0.15, 0.2) is 11.6 Å². The van der Waals surface area contributed by atoms with E-state index in [1.54, 1.807) is 7.11 Å². The summed E-state index contributed by atoms with van der Waals surface area (Å²) in [5.41, 5.74) is 0. The lowest BCUT2D eigenvalue weighted by atomic mass is 9.99. The summed E-state index contributed by atoms with van der Waals surface area (Å²) in [6.45, 7) is 3.41. The second-order valence-corrected chi connectivity index (χ2v) is 5.63. The molecule has 1 aromatic rings. The molecule has 0 spiro atoms. The van der Waals surface area contributed by atoms with Crippen LogP contribution < -0.4 is 15.0 Å². The van der Waals surface area contributed by atoms with Crippen LogP contribution in [0.2, 0.25) is 0 Å². The zero-order chi connectivity index (χ0) is 13.1. The first-order valence-electron chi connectivity index (χ1n) is 7.35. The van der Waals surface area contributed by atoms with Crippen molar-refractivity contribution in [2.24, 2.45) is 5.92 Å². The molecule has 1 aromatic heterocycles. The van der Waals surface area contributed by atoms with Crippen LogP contribution in [0.4, 0.5) is 5.82 Å². The van der Waals surface area contributed by atoms with Gasteiger partial charge < -0.3 is 15.0 Å². The van der Waals surface area contributed by atoms with Crippen LogP contribution in [0.3, 0.4) is 0 Å². The van der Waals surface area contributed by atoms with Crippen molar-refractivity contribution < 1.29 is 4.74 Å². The number of pyridine rings is 1. The van der Waals surface area contributed by atoms with Gasteiger partial charge in [-0.15, -0.1) is 0 Å². The van der Waals surface area contributed by atoms with Gasteiger partial charge >= 0.3 is 0 Å². The SMILES string of the molecule is COc1cccnc1N(CC1CCCNC1)C1CC1. The molecule has 4 nitrogen and oxygen atoms in total. The fourth-order valence-corrected chi connectivity index (χ4v) is 2.91. The molecular weight excluding hydrogens is 238 g/mol. The number of methoxy groups -OCH3 is 1. The Bertz CT molecular complexity index is 414. The van der Waals surface area contributed by atoms with E-state index < -0.39 is 0 Å². The van der Waals surface area contributed by atoms with Gasteiger partial charge in [-0.25, -0.2) is 4.98 Å². The molecule has 2 aliphatic rings. The largest absolute Gasteiger partial charge is 0.493 e. The highest BCUT2D eigenvalue weighted by Crippen LogP contribution is 2.36. The van der Waals surface area contributed by atoms with Crippen molar-refractivity contribution in [3.05, 3.63) is 18.3 Å². The Hall–Kier alpha value is -1.29. The first-order chi connectivity index (χ1) is 9.38. The maximum atomic E-state index is 5.47. The third-order valence-electron chi connectivity index (χ3n) is 4.08. The minimum absolute atomic E-state index is 0.672. The zero-order valence-electron chi connectivity index (χ0n) is 11.6. The quantitative estimate of drug-likeness (QED) is 0.880. The minimum Gasteiger partial charge on any atom is -0.493 e. The lowest BCUT2D eigenvalue weighted by molar-refractivity contribution is 0.371. The molecular formula is C15H23N3O. The Labute approximate surface area is 115 Å². The van der Waals surface area contributed by atoms with Crippen LogP contribution in [0.5, 0.6) is 5.75 Å². The maximum absolute atomic E-state index is 5.47. The third kappa shape index (κ3) is 3.00. The Morgan fingerprint density at radius 3 is 3.00 bits per heavy atom. The number of aromatic nitrogens is 1. The molecule has 0 amide bonds. The predicted molar refractivity (Wildman–Crippen MR) is 76.8 cm³/mol. The Kier molecular flexibility index (Phi) is 3.87. The molecule has 104 valence electrons. The molecule has 1 aliphatic heterocycles. The molecule has 1 saturated carbocycles. The molecule has 1 saturated heterocycles. The van der Waals surface area contributed by atoms with Crippen molar-refractivity contribution >= 4 is 5.82 Å². The van der Waals surface area contributed by atoms with Crippen molar-refractivity contribution in [2.75, 3.05) is 31.6 Å². The second kappa shape index (κ2) is 5.78. The lowest BCUT2D eigenvalue weighted by Crippen LogP contribution is -2.39. The van der Waals surface area contributed by atoms with Crippen molar-refractivity contribution in [3.8, 4) is 5.75 Å². The summed E-state index contributed by atoms with van der Waals surface area (Å²) < 4.78 is 5.47. The van der Waals surface area contributed by atoms with E-state index in [0.29, 0.717) is 6.04 Å². The van der Waals surface area contributed by atoms with Gasteiger partial charge in [-0.05, 0) is 56.8 Å². The summed E-state index contributed by atoms with van der Waals surface area (Å²) >= 11 is 0. The third-order valence-corrected chi connectivity index (χ3v) is 4.08. The highest BCUT2D eigenvalue weighted by Gasteiger charge is 2.33. The van der Waals surface area contributed by atoms with Crippen molar-refractivity contribution in [1.29, 1.82) is 0 Å². The van der Waals surface area contributed by atoms with Gasteiger partial charge in [-0.2, -0.15) is 0 Å². The number of hydrogen-bond acceptors (Lipinski definition) is 4. The monoisotopic (exact) mass is 261 g/mol. The topological polar surface area (TPSA) is 37.4 Å². The van der Waals surface area contributed by atoms with Crippen molar-refractivity contribution in [1.82, 2.24) is 10.3 Å². The molecule has 4 heteroatoms. The van der Waals surface area contributed by atoms with Gasteiger partial charge in [0.2, 0.25) is 0 Å². The van der Waals surface area contributed by atoms with E-state index in [-0.39, 0.29) is 0 Å². The Morgan fingerprint density at radius 1 is 1.42 bits per heavy atom. The average Bonchev–Trinajstić information content (AvgIpc) is 3.30. The van der Waals surface area contributed by atoms with Crippen molar-refractivity contribution in [2.45, 2.75) is 31.7 Å². The lowest BCUT2D eigenvalue weighted by Gasteiger charge is -2.31. The fourth-order valence-electron chi connectivity index (χ4n) is 2.91. The van der Waals surface area contributed by atoms with E-state index in [1.807, 2.05) is 18.3 Å². The summed E-state index contributed by atoms with van der Waals surface area (Å²) in [4.78, 5) is 7.03. The summed E-state index contributed by atoms with van der Waals surface area (Å²) in [5.74, 6) is 2.66. The van der Waals surface area contributed by atoms with Crippen LogP contribution in [0.25, 0.3) is 0 Å². The van der Waals surface area contributed by atoms with Crippen molar-refractivity contribution in [3.63, 3.8) is 0 Å². The zero-order valence-corrected chi connectivity index (χ0v) is 11.6. The standard InChI is InChI=1S/C15H23N3O/c1-19-14-5-3-9-17-15(14)18(13-6-7-13)11-12-4-2-8-16-10-12/h3,5,9,12-13,16H,2,4,6-8,10-11H2,1H3. The molecule has 0 radical (unpaired) electrons. The fraction of sp³-hybridized carbons (Fsp3) is 0.667. The van der Waals surface area contributed by atoms with E-state index >= 15 is 0 Å². The molecule has 0 aromatic carbocycles. The van der Waals surface area contributed by atoms with Crippen LogP contribution in [0.1, 0.15) is 25.7 Å². The first-order valence-corrected chi connectivity index (χ1v) is 7.35. The smallest absolute Gasteiger partial charge is 0.171 e. The number of nitrogens with one attached hydrogen (secondary N) is 1. The van der Waals surface area contributed by atoms with Crippen LogP contribution in [-0.4, -0.2) is 37.8 Å². The van der Waals surface area contributed by atoms with Gasteiger partial charge in [0.25, 0.3) is 0 Å². The van der Waals surface area contributed by atoms with Gasteiger partial charge in [0.05, 0.1) is 7.11 Å². The van der Waals surface area contributed by atoms with Crippen LogP contribution in [-0.2, 0) is 0 Å². The number of rotatable bonds is 5. The Morgan fingerprint density at radius 2 is 2.32 bits per heavy atom. The summed E-state index contributed by atoms with van der Waals surface area (Å²) in [7, 11) is 1.73. The average molecular weight is 261 g/mol. The Balaban J connectivity index is 1.76. The first kappa shape index (κ1) is 12.7. The molecule has 2 fully saturated rings. The minimum atomic E-state index is 0.672. The van der Waals surface area contributed by atoms with E-state index in [9.17, 15) is 0 Å². The van der Waals surface area contributed by atoms with Gasteiger partial charge in [0.1, 0.15) is 0 Å². The van der Waals surface area contributed by atoms with Crippen LogP contribution >= 0.6 is 0 Å². The van der Waals surface area contributed by atoms with E-state index in [2.05, 4.69) is 15.2 Å². The number of ether oxygens (including phenoxy) is 1. The predicted octanol–water partition coefficient (Wildman–Crippen LogP) is 2.06. The van der Waals surface area contributed by atoms with E-state index in [4.69, 9.17) is 4.74 Å². The van der Waals surface area contributed by atoms with E-state index in [0.717, 1.165) is 30.6 Å². The van der Waals surface area contributed by atoms with Gasteiger partial charge in [-0.3, -0.25) is 0 Å². The number of anilines is 1. The summed E-state index contributed by atoms with van der Waals surface area (Å²) in [6.07, 6.45) is 7.07. The van der Waals surface area contributed by atoms with Gasteiger partial charge in [0, 0.05) is 18.8 Å². The molecule has 3 rings (SSSR count). The molecule has 19 heavy (non-hydrogen) atoms. The normalized spacial score (nSPS) is 23.1. The molecule has 1 atom stereocenters. The number of nitrogens with zero attached hydrogens (tertiary/aromatic N) is 2. The van der Waals surface area contributed by atoms with E-state index in [1.165, 1.54) is 32.2 Å². The molecule has 1 N–H and O–H groups in total. The van der Waals surface area contributed by atoms with Crippen LogP contribution in [0.15, 0.2) is 18.3 Å². The molecule has 2 heterocycles. The molecule has 0 bridgehead atoms. The summed E-state index contributed by atoms with van der Waals surface area (Å²) in [6, 6.07) is 4.62. The number of hydrogen-bond donors (Lipinski definition) is 1. The molecule has 1 aliphatic carbocycles. The molecule has 1 unspecified atom stereocenters. The number of piperidine rings is 1. The highest BCUT2D eigenvalue weighted by atomic mass is 16.5. The summed E-state index contributed by atoms with van der Waals surface area (Å²) in [5, 5.41) is 3.50. The maximum Gasteiger partial charge on any atom is 0.171 e. The highest BCUT2D eigenvalue weighted by molar-refractivity contribution is 5.53. The second-order valence-electron chi connectivity index (χ2n) is 5.63. The van der Waals surface area contributed by atoms with Gasteiger partial charge in [-0.1, -0.05) is 0 Å².